The monoisotopic (exact) mass is 354 g/mol. The number of nitrogens with zero attached hydrogens (tertiary/aromatic N) is 1. The number of carbonyl (C=O) groups excluding carboxylic acids is 1. The van der Waals surface area contributed by atoms with Gasteiger partial charge in [0.1, 0.15) is 6.04 Å². The highest BCUT2D eigenvalue weighted by Gasteiger charge is 2.32. The van der Waals surface area contributed by atoms with Gasteiger partial charge >= 0.3 is 5.97 Å². The van der Waals surface area contributed by atoms with Gasteiger partial charge in [-0.2, -0.15) is 4.72 Å². The van der Waals surface area contributed by atoms with Crippen LogP contribution in [-0.2, 0) is 26.0 Å². The minimum absolute atomic E-state index is 0.00533. The second-order valence-electron chi connectivity index (χ2n) is 6.41. The lowest BCUT2D eigenvalue weighted by Crippen LogP contribution is -2.44. The number of hydrogen-bond acceptors (Lipinski definition) is 4. The van der Waals surface area contributed by atoms with Gasteiger partial charge in [0.25, 0.3) is 0 Å². The first-order chi connectivity index (χ1) is 11.0. The van der Waals surface area contributed by atoms with E-state index in [1.54, 1.807) is 24.8 Å². The van der Waals surface area contributed by atoms with Crippen molar-refractivity contribution in [1.29, 1.82) is 0 Å². The van der Waals surface area contributed by atoms with E-state index in [-0.39, 0.29) is 22.8 Å². The van der Waals surface area contributed by atoms with Gasteiger partial charge in [0.2, 0.25) is 15.9 Å². The average molecular weight is 354 g/mol. The van der Waals surface area contributed by atoms with Crippen LogP contribution in [0.4, 0.5) is 5.69 Å². The number of carboxylic acid groups (broad SMARTS) is 1. The molecule has 0 spiro atoms. The molecule has 0 saturated carbocycles. The lowest BCUT2D eigenvalue weighted by Gasteiger charge is -2.21. The van der Waals surface area contributed by atoms with Gasteiger partial charge in [-0.1, -0.05) is 13.8 Å². The maximum absolute atomic E-state index is 12.5. The Morgan fingerprint density at radius 1 is 1.33 bits per heavy atom. The van der Waals surface area contributed by atoms with Crippen LogP contribution in [0.3, 0.4) is 0 Å². The zero-order valence-corrected chi connectivity index (χ0v) is 14.9. The summed E-state index contributed by atoms with van der Waals surface area (Å²) in [5.41, 5.74) is 1.46. The van der Waals surface area contributed by atoms with Crippen molar-refractivity contribution in [2.24, 2.45) is 5.92 Å². The zero-order valence-electron chi connectivity index (χ0n) is 14.1. The molecule has 2 N–H and O–H groups in total. The predicted octanol–water partition coefficient (Wildman–Crippen LogP) is 1.37. The van der Waals surface area contributed by atoms with Crippen molar-refractivity contribution in [2.75, 3.05) is 4.90 Å². The van der Waals surface area contributed by atoms with Crippen LogP contribution < -0.4 is 9.62 Å². The van der Waals surface area contributed by atoms with Crippen molar-refractivity contribution >= 4 is 27.6 Å². The number of rotatable bonds is 5. The summed E-state index contributed by atoms with van der Waals surface area (Å²) in [7, 11) is -3.96. The molecule has 0 aliphatic carbocycles. The highest BCUT2D eigenvalue weighted by molar-refractivity contribution is 7.89. The lowest BCUT2D eigenvalue weighted by atomic mass is 10.1. The van der Waals surface area contributed by atoms with Crippen molar-refractivity contribution in [3.8, 4) is 0 Å². The molecule has 0 bridgehead atoms. The summed E-state index contributed by atoms with van der Waals surface area (Å²) in [5.74, 6) is -1.70. The van der Waals surface area contributed by atoms with E-state index in [0.717, 1.165) is 5.56 Å². The Hall–Kier alpha value is -1.93. The van der Waals surface area contributed by atoms with Crippen molar-refractivity contribution < 1.29 is 23.1 Å². The van der Waals surface area contributed by atoms with Gasteiger partial charge in [-0.05, 0) is 43.0 Å². The molecule has 0 saturated heterocycles. The van der Waals surface area contributed by atoms with Crippen LogP contribution in [0.25, 0.3) is 0 Å². The molecular formula is C16H22N2O5S. The molecule has 1 aromatic carbocycles. The lowest BCUT2D eigenvalue weighted by molar-refractivity contribution is -0.140. The zero-order chi connectivity index (χ0) is 18.2. The quantitative estimate of drug-likeness (QED) is 0.831. The number of anilines is 1. The summed E-state index contributed by atoms with van der Waals surface area (Å²) in [6.07, 6.45) is 0.560. The molecule has 0 aromatic heterocycles. The van der Waals surface area contributed by atoms with Crippen molar-refractivity contribution in [2.45, 2.75) is 51.1 Å². The second kappa shape index (κ2) is 6.52. The third-order valence-electron chi connectivity index (χ3n) is 4.13. The highest BCUT2D eigenvalue weighted by Crippen LogP contribution is 2.33. The van der Waals surface area contributed by atoms with Crippen molar-refractivity contribution in [1.82, 2.24) is 4.72 Å². The first-order valence-corrected chi connectivity index (χ1v) is 9.20. The molecule has 1 heterocycles. The van der Waals surface area contributed by atoms with Crippen LogP contribution in [0, 0.1) is 5.92 Å². The van der Waals surface area contributed by atoms with Gasteiger partial charge in [0.15, 0.2) is 0 Å². The van der Waals surface area contributed by atoms with E-state index in [1.807, 2.05) is 6.92 Å². The minimum Gasteiger partial charge on any atom is -0.480 e. The Bertz CT molecular complexity index is 773. The van der Waals surface area contributed by atoms with E-state index in [1.165, 1.54) is 19.1 Å². The third-order valence-corrected chi connectivity index (χ3v) is 5.57. The number of hydrogen-bond donors (Lipinski definition) is 2. The fourth-order valence-corrected chi connectivity index (χ4v) is 4.35. The largest absolute Gasteiger partial charge is 0.480 e. The molecule has 1 unspecified atom stereocenters. The number of amides is 1. The molecule has 132 valence electrons. The van der Waals surface area contributed by atoms with E-state index < -0.39 is 22.0 Å². The topological polar surface area (TPSA) is 104 Å². The summed E-state index contributed by atoms with van der Waals surface area (Å²) >= 11 is 0. The predicted molar refractivity (Wildman–Crippen MR) is 89.4 cm³/mol. The molecule has 2 rings (SSSR count). The Morgan fingerprint density at radius 2 is 1.96 bits per heavy atom. The van der Waals surface area contributed by atoms with Crippen LogP contribution >= 0.6 is 0 Å². The van der Waals surface area contributed by atoms with Gasteiger partial charge in [-0.25, -0.2) is 8.42 Å². The van der Waals surface area contributed by atoms with Gasteiger partial charge in [-0.3, -0.25) is 9.59 Å². The fourth-order valence-electron chi connectivity index (χ4n) is 2.96. The van der Waals surface area contributed by atoms with Gasteiger partial charge in [0.05, 0.1) is 4.90 Å². The number of nitrogens with one attached hydrogen (secondary N) is 1. The van der Waals surface area contributed by atoms with E-state index in [9.17, 15) is 18.0 Å². The summed E-state index contributed by atoms with van der Waals surface area (Å²) in [5, 5.41) is 9.17. The van der Waals surface area contributed by atoms with Gasteiger partial charge < -0.3 is 10.0 Å². The summed E-state index contributed by atoms with van der Waals surface area (Å²) < 4.78 is 27.2. The van der Waals surface area contributed by atoms with Crippen LogP contribution in [0.2, 0.25) is 0 Å². The minimum atomic E-state index is -3.96. The summed E-state index contributed by atoms with van der Waals surface area (Å²) in [6, 6.07) is 3.27. The van der Waals surface area contributed by atoms with Crippen LogP contribution in [0.5, 0.6) is 0 Å². The first kappa shape index (κ1) is 18.4. The second-order valence-corrected chi connectivity index (χ2v) is 8.13. The summed E-state index contributed by atoms with van der Waals surface area (Å²) in [4.78, 5) is 24.6. The maximum Gasteiger partial charge on any atom is 0.322 e. The van der Waals surface area contributed by atoms with Crippen LogP contribution in [0.15, 0.2) is 23.1 Å². The highest BCUT2D eigenvalue weighted by atomic mass is 32.2. The molecule has 2 atom stereocenters. The number of carbonyl (C=O) groups is 2. The third kappa shape index (κ3) is 3.44. The normalized spacial score (nSPS) is 18.5. The number of fused-ring (bicyclic) bond motifs is 1. The van der Waals surface area contributed by atoms with E-state index in [0.29, 0.717) is 12.1 Å². The number of carboxylic acids is 1. The Kier molecular flexibility index (Phi) is 5.00. The van der Waals surface area contributed by atoms with Crippen molar-refractivity contribution in [3.05, 3.63) is 23.8 Å². The first-order valence-electron chi connectivity index (χ1n) is 7.72. The Balaban J connectivity index is 2.36. The standard InChI is InChI=1S/C16H22N2O5S/c1-9(2)15(16(20)21)17-24(22,23)13-5-6-14-12(8-13)7-10(3)18(14)11(4)19/h5-6,8-10,15,17H,7H2,1-4H3,(H,20,21)/t10?,15-/m0/s1. The van der Waals surface area contributed by atoms with Crippen LogP contribution in [0.1, 0.15) is 33.3 Å². The molecule has 8 heteroatoms. The number of aliphatic carboxylic acids is 1. The average Bonchev–Trinajstić information content (AvgIpc) is 2.79. The SMILES string of the molecule is CC(=O)N1c2ccc(S(=O)(=O)N[C@H](C(=O)O)C(C)C)cc2CC1C. The molecule has 0 radical (unpaired) electrons. The fraction of sp³-hybridized carbons (Fsp3) is 0.500. The molecule has 24 heavy (non-hydrogen) atoms. The summed E-state index contributed by atoms with van der Waals surface area (Å²) in [6.45, 7) is 6.64. The molecule has 0 fully saturated rings. The molecule has 1 aliphatic rings. The number of sulfonamides is 1. The molecule has 1 aliphatic heterocycles. The Morgan fingerprint density at radius 3 is 2.46 bits per heavy atom. The van der Waals surface area contributed by atoms with Gasteiger partial charge in [-0.15, -0.1) is 0 Å². The van der Waals surface area contributed by atoms with E-state index in [2.05, 4.69) is 4.72 Å². The molecule has 7 nitrogen and oxygen atoms in total. The number of benzene rings is 1. The van der Waals surface area contributed by atoms with E-state index in [4.69, 9.17) is 5.11 Å². The molecular weight excluding hydrogens is 332 g/mol. The van der Waals surface area contributed by atoms with Gasteiger partial charge in [0, 0.05) is 18.7 Å². The Labute approximate surface area is 141 Å². The van der Waals surface area contributed by atoms with Crippen LogP contribution in [-0.4, -0.2) is 37.5 Å². The smallest absolute Gasteiger partial charge is 0.322 e. The molecule has 1 aromatic rings. The maximum atomic E-state index is 12.5. The van der Waals surface area contributed by atoms with E-state index >= 15 is 0 Å². The molecule has 1 amide bonds. The van der Waals surface area contributed by atoms with Crippen molar-refractivity contribution in [3.63, 3.8) is 0 Å².